The Morgan fingerprint density at radius 1 is 0.778 bits per heavy atom. The van der Waals surface area contributed by atoms with Crippen LogP contribution >= 0.6 is 0 Å². The van der Waals surface area contributed by atoms with Crippen molar-refractivity contribution in [3.05, 3.63) is 101 Å². The van der Waals surface area contributed by atoms with Crippen LogP contribution in [-0.4, -0.2) is 5.11 Å². The number of hydrogen-bond acceptors (Lipinski definition) is 1. The van der Waals surface area contributed by atoms with Crippen molar-refractivity contribution in [2.45, 2.75) is 65.9 Å². The second-order valence-corrected chi connectivity index (χ2v) is 12.4. The highest BCUT2D eigenvalue weighted by molar-refractivity contribution is 6.00. The predicted molar refractivity (Wildman–Crippen MR) is 154 cm³/mol. The fourth-order valence-electron chi connectivity index (χ4n) is 6.90. The summed E-state index contributed by atoms with van der Waals surface area (Å²) in [5.74, 6) is 0. The molecular formula is C35H36O. The normalized spacial score (nSPS) is 18.9. The maximum atomic E-state index is 10.8. The number of fused-ring (bicyclic) bond motifs is 5. The third kappa shape index (κ3) is 3.56. The molecule has 0 spiro atoms. The molecular weight excluding hydrogens is 436 g/mol. The molecule has 0 radical (unpaired) electrons. The Bertz CT molecular complexity index is 1610. The van der Waals surface area contributed by atoms with E-state index in [2.05, 4.69) is 107 Å². The summed E-state index contributed by atoms with van der Waals surface area (Å²) >= 11 is 0. The molecule has 0 fully saturated rings. The topological polar surface area (TPSA) is 20.2 Å². The Hall–Kier alpha value is -3.16. The maximum Gasteiger partial charge on any atom is 0.0773 e. The summed E-state index contributed by atoms with van der Waals surface area (Å²) in [5.41, 5.74) is 10.8. The van der Waals surface area contributed by atoms with Gasteiger partial charge in [0.05, 0.1) is 6.10 Å². The number of allylic oxidation sites excluding steroid dienone is 4. The van der Waals surface area contributed by atoms with Gasteiger partial charge in [-0.2, -0.15) is 0 Å². The second-order valence-electron chi connectivity index (χ2n) is 12.4. The van der Waals surface area contributed by atoms with Gasteiger partial charge in [0.25, 0.3) is 0 Å². The minimum atomic E-state index is -0.545. The number of hydrogen-bond donors (Lipinski definition) is 1. The number of aryl methyl sites for hydroxylation is 1. The minimum absolute atomic E-state index is 0.0800. The van der Waals surface area contributed by atoms with E-state index in [9.17, 15) is 5.11 Å². The lowest BCUT2D eigenvalue weighted by Gasteiger charge is -2.40. The lowest BCUT2D eigenvalue weighted by atomic mass is 9.64. The Kier molecular flexibility index (Phi) is 5.11. The Morgan fingerprint density at radius 3 is 2.28 bits per heavy atom. The highest BCUT2D eigenvalue weighted by atomic mass is 16.3. The molecule has 0 amide bonds. The van der Waals surface area contributed by atoms with Gasteiger partial charge in [0, 0.05) is 0 Å². The van der Waals surface area contributed by atoms with Crippen LogP contribution in [0.2, 0.25) is 0 Å². The summed E-state index contributed by atoms with van der Waals surface area (Å²) in [6.07, 6.45) is 6.48. The van der Waals surface area contributed by atoms with Crippen molar-refractivity contribution in [1.29, 1.82) is 0 Å². The van der Waals surface area contributed by atoms with Gasteiger partial charge in [0.2, 0.25) is 0 Å². The molecule has 0 bridgehead atoms. The Labute approximate surface area is 215 Å². The van der Waals surface area contributed by atoms with Gasteiger partial charge in [-0.15, -0.1) is 0 Å². The first-order chi connectivity index (χ1) is 17.1. The Morgan fingerprint density at radius 2 is 1.50 bits per heavy atom. The summed E-state index contributed by atoms with van der Waals surface area (Å²) in [5, 5.41) is 15.8. The third-order valence-corrected chi connectivity index (χ3v) is 8.42. The van der Waals surface area contributed by atoms with Crippen molar-refractivity contribution in [2.24, 2.45) is 5.41 Å². The van der Waals surface area contributed by atoms with Crippen LogP contribution in [0.4, 0.5) is 0 Å². The molecule has 1 unspecified atom stereocenters. The summed E-state index contributed by atoms with van der Waals surface area (Å²) in [4.78, 5) is 0. The third-order valence-electron chi connectivity index (χ3n) is 8.42. The van der Waals surface area contributed by atoms with E-state index in [1.54, 1.807) is 5.57 Å². The van der Waals surface area contributed by atoms with Crippen LogP contribution in [0, 0.1) is 12.3 Å². The van der Waals surface area contributed by atoms with E-state index >= 15 is 0 Å². The maximum absolute atomic E-state index is 10.8. The summed E-state index contributed by atoms with van der Waals surface area (Å²) in [6.45, 7) is 13.6. The number of aliphatic hydroxyl groups is 1. The molecule has 6 rings (SSSR count). The van der Waals surface area contributed by atoms with E-state index < -0.39 is 6.10 Å². The summed E-state index contributed by atoms with van der Waals surface area (Å²) in [7, 11) is 0. The Balaban J connectivity index is 1.59. The number of benzene rings is 4. The lowest BCUT2D eigenvalue weighted by molar-refractivity contribution is 0.201. The van der Waals surface area contributed by atoms with Crippen molar-refractivity contribution in [3.63, 3.8) is 0 Å². The van der Waals surface area contributed by atoms with Crippen molar-refractivity contribution in [1.82, 2.24) is 0 Å². The van der Waals surface area contributed by atoms with Crippen molar-refractivity contribution >= 4 is 27.1 Å². The molecule has 4 aromatic carbocycles. The highest BCUT2D eigenvalue weighted by Crippen LogP contribution is 2.51. The molecule has 0 heterocycles. The van der Waals surface area contributed by atoms with Crippen molar-refractivity contribution in [3.8, 4) is 11.1 Å². The van der Waals surface area contributed by atoms with E-state index in [1.807, 2.05) is 6.92 Å². The van der Waals surface area contributed by atoms with E-state index in [4.69, 9.17) is 0 Å². The molecule has 1 nitrogen and oxygen atoms in total. The standard InChI is InChI=1S/C35H36O/c1-21-17-31-24(18-30(21)28-13-11-23-9-7-8-10-27(23)32(28)22(2)36)12-14-29-26-15-16-34(3,4)19-25(26)20-35(5,6)33(29)31/h7-18,22,36H,19-20H2,1-6H3. The summed E-state index contributed by atoms with van der Waals surface area (Å²) < 4.78 is 0. The van der Waals surface area contributed by atoms with E-state index in [0.29, 0.717) is 0 Å². The van der Waals surface area contributed by atoms with Crippen LogP contribution in [0.15, 0.2) is 78.4 Å². The molecule has 1 N–H and O–H groups in total. The molecule has 0 saturated carbocycles. The van der Waals surface area contributed by atoms with Gasteiger partial charge in [0.15, 0.2) is 0 Å². The molecule has 36 heavy (non-hydrogen) atoms. The van der Waals surface area contributed by atoms with Gasteiger partial charge in [-0.1, -0.05) is 100 Å². The van der Waals surface area contributed by atoms with E-state index in [0.717, 1.165) is 29.4 Å². The number of rotatable bonds is 2. The molecule has 2 aliphatic rings. The smallest absolute Gasteiger partial charge is 0.0773 e. The number of aliphatic hydroxyl groups excluding tert-OH is 1. The van der Waals surface area contributed by atoms with Crippen LogP contribution in [-0.2, 0) is 5.41 Å². The first-order valence-electron chi connectivity index (χ1n) is 13.3. The van der Waals surface area contributed by atoms with Crippen LogP contribution < -0.4 is 0 Å². The van der Waals surface area contributed by atoms with Crippen molar-refractivity contribution in [2.75, 3.05) is 0 Å². The zero-order valence-electron chi connectivity index (χ0n) is 22.4. The fourth-order valence-corrected chi connectivity index (χ4v) is 6.90. The molecule has 1 heteroatoms. The molecule has 0 aromatic heterocycles. The molecule has 0 aliphatic heterocycles. The lowest BCUT2D eigenvalue weighted by Crippen LogP contribution is -2.27. The average molecular weight is 473 g/mol. The fraction of sp³-hybridized carbons (Fsp3) is 0.314. The van der Waals surface area contributed by atoms with Gasteiger partial charge in [-0.05, 0) is 104 Å². The minimum Gasteiger partial charge on any atom is -0.389 e. The van der Waals surface area contributed by atoms with E-state index in [-0.39, 0.29) is 10.8 Å². The van der Waals surface area contributed by atoms with Crippen LogP contribution in [0.1, 0.15) is 75.8 Å². The molecule has 2 aliphatic carbocycles. The van der Waals surface area contributed by atoms with Crippen LogP contribution in [0.5, 0.6) is 0 Å². The van der Waals surface area contributed by atoms with Crippen molar-refractivity contribution < 1.29 is 5.11 Å². The first kappa shape index (κ1) is 23.3. The van der Waals surface area contributed by atoms with Crippen LogP contribution in [0.3, 0.4) is 0 Å². The molecule has 182 valence electrons. The SMILES string of the molecule is Cc1cc2c3c(ccc2cc1-c1ccc2ccccc2c1C(C)O)C1=C(CC(C)(C)C=C1)CC3(C)C. The van der Waals surface area contributed by atoms with Gasteiger partial charge in [-0.3, -0.25) is 0 Å². The molecule has 0 saturated heterocycles. The van der Waals surface area contributed by atoms with Gasteiger partial charge in [-0.25, -0.2) is 0 Å². The van der Waals surface area contributed by atoms with Crippen LogP contribution in [0.25, 0.3) is 38.2 Å². The molecule has 1 atom stereocenters. The average Bonchev–Trinajstić information content (AvgIpc) is 2.81. The zero-order valence-corrected chi connectivity index (χ0v) is 22.4. The highest BCUT2D eigenvalue weighted by Gasteiger charge is 2.36. The zero-order chi connectivity index (χ0) is 25.4. The largest absolute Gasteiger partial charge is 0.389 e. The molecule has 4 aromatic rings. The second kappa shape index (κ2) is 7.92. The predicted octanol–water partition coefficient (Wildman–Crippen LogP) is 9.44. The monoisotopic (exact) mass is 472 g/mol. The first-order valence-corrected chi connectivity index (χ1v) is 13.3. The van der Waals surface area contributed by atoms with Gasteiger partial charge >= 0.3 is 0 Å². The van der Waals surface area contributed by atoms with Gasteiger partial charge in [0.1, 0.15) is 0 Å². The summed E-state index contributed by atoms with van der Waals surface area (Å²) in [6, 6.07) is 22.1. The quantitative estimate of drug-likeness (QED) is 0.308. The van der Waals surface area contributed by atoms with E-state index in [1.165, 1.54) is 44.0 Å². The van der Waals surface area contributed by atoms with Gasteiger partial charge < -0.3 is 5.11 Å².